The average Bonchev–Trinajstić information content (AvgIpc) is 3.04. The maximum Gasteiger partial charge on any atom is 0.259 e. The SMILES string of the molecule is CC(C)c1c(C(=O)Nc2ccc(N3CCCCCC3)cc2)cnn1-c1ccccn1. The van der Waals surface area contributed by atoms with E-state index in [1.165, 1.54) is 31.4 Å². The lowest BCUT2D eigenvalue weighted by Gasteiger charge is -2.22. The summed E-state index contributed by atoms with van der Waals surface area (Å²) >= 11 is 0. The topological polar surface area (TPSA) is 63.1 Å². The van der Waals surface area contributed by atoms with Crippen molar-refractivity contribution in [1.29, 1.82) is 0 Å². The van der Waals surface area contributed by atoms with Crippen LogP contribution in [0.4, 0.5) is 11.4 Å². The lowest BCUT2D eigenvalue weighted by molar-refractivity contribution is 0.102. The number of rotatable bonds is 5. The molecule has 0 saturated carbocycles. The zero-order valence-electron chi connectivity index (χ0n) is 17.7. The number of nitrogens with one attached hydrogen (secondary N) is 1. The summed E-state index contributed by atoms with van der Waals surface area (Å²) in [6, 6.07) is 13.8. The van der Waals surface area contributed by atoms with Crippen molar-refractivity contribution in [2.45, 2.75) is 45.4 Å². The minimum atomic E-state index is -0.150. The van der Waals surface area contributed by atoms with Gasteiger partial charge in [-0.1, -0.05) is 32.8 Å². The third-order valence-corrected chi connectivity index (χ3v) is 5.56. The summed E-state index contributed by atoms with van der Waals surface area (Å²) in [4.78, 5) is 19.8. The second-order valence-corrected chi connectivity index (χ2v) is 8.10. The van der Waals surface area contributed by atoms with Crippen LogP contribution in [0.1, 0.15) is 61.5 Å². The van der Waals surface area contributed by atoms with Crippen molar-refractivity contribution < 1.29 is 4.79 Å². The smallest absolute Gasteiger partial charge is 0.259 e. The highest BCUT2D eigenvalue weighted by Gasteiger charge is 2.21. The fourth-order valence-corrected chi connectivity index (χ4v) is 4.03. The molecule has 0 bridgehead atoms. The minimum Gasteiger partial charge on any atom is -0.372 e. The Morgan fingerprint density at radius 2 is 1.73 bits per heavy atom. The van der Waals surface area contributed by atoms with E-state index in [-0.39, 0.29) is 11.8 Å². The van der Waals surface area contributed by atoms with E-state index in [0.717, 1.165) is 24.5 Å². The predicted molar refractivity (Wildman–Crippen MR) is 121 cm³/mol. The third-order valence-electron chi connectivity index (χ3n) is 5.56. The number of amides is 1. The molecule has 156 valence electrons. The lowest BCUT2D eigenvalue weighted by atomic mass is 10.1. The maximum absolute atomic E-state index is 13.0. The number of nitrogens with zero attached hydrogens (tertiary/aromatic N) is 4. The van der Waals surface area contributed by atoms with Gasteiger partial charge in [-0.2, -0.15) is 5.10 Å². The van der Waals surface area contributed by atoms with Gasteiger partial charge in [0.2, 0.25) is 0 Å². The molecule has 1 amide bonds. The second kappa shape index (κ2) is 9.11. The first-order valence-corrected chi connectivity index (χ1v) is 10.8. The first-order chi connectivity index (χ1) is 14.6. The van der Waals surface area contributed by atoms with Crippen LogP contribution in [0.5, 0.6) is 0 Å². The quantitative estimate of drug-likeness (QED) is 0.649. The minimum absolute atomic E-state index is 0.126. The number of benzene rings is 1. The van der Waals surface area contributed by atoms with E-state index in [9.17, 15) is 4.79 Å². The van der Waals surface area contributed by atoms with Crippen molar-refractivity contribution in [2.24, 2.45) is 0 Å². The van der Waals surface area contributed by atoms with Gasteiger partial charge in [-0.05, 0) is 55.2 Å². The molecular formula is C24H29N5O. The molecule has 1 saturated heterocycles. The van der Waals surface area contributed by atoms with Crippen LogP contribution in [0.3, 0.4) is 0 Å². The first kappa shape index (κ1) is 20.1. The van der Waals surface area contributed by atoms with E-state index in [1.807, 2.05) is 30.3 Å². The Morgan fingerprint density at radius 3 is 2.37 bits per heavy atom. The first-order valence-electron chi connectivity index (χ1n) is 10.8. The van der Waals surface area contributed by atoms with Crippen LogP contribution in [0.25, 0.3) is 5.82 Å². The Bertz CT molecular complexity index is 971. The molecule has 6 heteroatoms. The van der Waals surface area contributed by atoms with Crippen LogP contribution in [0, 0.1) is 0 Å². The Kier molecular flexibility index (Phi) is 6.12. The number of hydrogen-bond donors (Lipinski definition) is 1. The highest BCUT2D eigenvalue weighted by atomic mass is 16.1. The van der Waals surface area contributed by atoms with E-state index in [2.05, 4.69) is 46.3 Å². The van der Waals surface area contributed by atoms with Crippen molar-refractivity contribution in [3.63, 3.8) is 0 Å². The molecule has 1 aliphatic rings. The number of carbonyl (C=O) groups excluding carboxylic acids is 1. The summed E-state index contributed by atoms with van der Waals surface area (Å²) in [5, 5.41) is 7.47. The average molecular weight is 404 g/mol. The van der Waals surface area contributed by atoms with Gasteiger partial charge in [0.15, 0.2) is 5.82 Å². The van der Waals surface area contributed by atoms with E-state index >= 15 is 0 Å². The summed E-state index contributed by atoms with van der Waals surface area (Å²) in [7, 11) is 0. The number of aromatic nitrogens is 3. The molecule has 3 aromatic rings. The standard InChI is InChI=1S/C24H29N5O/c1-18(2)23-21(17-26-29(23)22-9-5-6-14-25-22)24(30)27-19-10-12-20(13-11-19)28-15-7-3-4-8-16-28/h5-6,9-14,17-18H,3-4,7-8,15-16H2,1-2H3,(H,27,30). The van der Waals surface area contributed by atoms with Gasteiger partial charge in [0, 0.05) is 30.7 Å². The Balaban J connectivity index is 1.52. The molecule has 1 aromatic carbocycles. The van der Waals surface area contributed by atoms with Gasteiger partial charge in [0.1, 0.15) is 0 Å². The van der Waals surface area contributed by atoms with Gasteiger partial charge < -0.3 is 10.2 Å². The van der Waals surface area contributed by atoms with Crippen molar-refractivity contribution in [3.05, 3.63) is 66.1 Å². The van der Waals surface area contributed by atoms with E-state index in [4.69, 9.17) is 0 Å². The third kappa shape index (κ3) is 4.37. The molecule has 2 aromatic heterocycles. The predicted octanol–water partition coefficient (Wildman–Crippen LogP) is 5.02. The highest BCUT2D eigenvalue weighted by molar-refractivity contribution is 6.05. The molecule has 1 N–H and O–H groups in total. The number of pyridine rings is 1. The number of carbonyl (C=O) groups is 1. The van der Waals surface area contributed by atoms with Crippen molar-refractivity contribution >= 4 is 17.3 Å². The van der Waals surface area contributed by atoms with Gasteiger partial charge in [0.25, 0.3) is 5.91 Å². The van der Waals surface area contributed by atoms with E-state index < -0.39 is 0 Å². The van der Waals surface area contributed by atoms with Crippen molar-refractivity contribution in [3.8, 4) is 5.82 Å². The van der Waals surface area contributed by atoms with E-state index in [1.54, 1.807) is 17.1 Å². The molecule has 1 fully saturated rings. The number of anilines is 2. The monoisotopic (exact) mass is 403 g/mol. The molecule has 0 unspecified atom stereocenters. The molecule has 0 spiro atoms. The molecule has 0 atom stereocenters. The van der Waals surface area contributed by atoms with Crippen molar-refractivity contribution in [1.82, 2.24) is 14.8 Å². The van der Waals surface area contributed by atoms with Crippen molar-refractivity contribution in [2.75, 3.05) is 23.3 Å². The summed E-state index contributed by atoms with van der Waals surface area (Å²) in [5.74, 6) is 0.686. The van der Waals surface area contributed by atoms with Crippen LogP contribution >= 0.6 is 0 Å². The fraction of sp³-hybridized carbons (Fsp3) is 0.375. The zero-order chi connectivity index (χ0) is 20.9. The molecule has 6 nitrogen and oxygen atoms in total. The highest BCUT2D eigenvalue weighted by Crippen LogP contribution is 2.25. The Morgan fingerprint density at radius 1 is 1.00 bits per heavy atom. The Hall–Kier alpha value is -3.15. The molecule has 4 rings (SSSR count). The zero-order valence-corrected chi connectivity index (χ0v) is 17.7. The largest absolute Gasteiger partial charge is 0.372 e. The van der Waals surface area contributed by atoms with Crippen LogP contribution in [0.15, 0.2) is 54.9 Å². The second-order valence-electron chi connectivity index (χ2n) is 8.10. The molecule has 3 heterocycles. The summed E-state index contributed by atoms with van der Waals surface area (Å²) in [6.07, 6.45) is 8.48. The van der Waals surface area contributed by atoms with Crippen LogP contribution in [-0.4, -0.2) is 33.8 Å². The van der Waals surface area contributed by atoms with Crippen LogP contribution < -0.4 is 10.2 Å². The van der Waals surface area contributed by atoms with Gasteiger partial charge in [-0.15, -0.1) is 0 Å². The summed E-state index contributed by atoms with van der Waals surface area (Å²) in [5.41, 5.74) is 3.44. The van der Waals surface area contributed by atoms with Gasteiger partial charge in [0.05, 0.1) is 17.5 Å². The lowest BCUT2D eigenvalue weighted by Crippen LogP contribution is -2.23. The Labute approximate surface area is 177 Å². The maximum atomic E-state index is 13.0. The summed E-state index contributed by atoms with van der Waals surface area (Å²) < 4.78 is 1.75. The van der Waals surface area contributed by atoms with E-state index in [0.29, 0.717) is 11.4 Å². The molecular weight excluding hydrogens is 374 g/mol. The molecule has 0 radical (unpaired) electrons. The van der Waals surface area contributed by atoms with Gasteiger partial charge >= 0.3 is 0 Å². The fourth-order valence-electron chi connectivity index (χ4n) is 4.03. The summed E-state index contributed by atoms with van der Waals surface area (Å²) in [6.45, 7) is 6.33. The number of hydrogen-bond acceptors (Lipinski definition) is 4. The van der Waals surface area contributed by atoms with Gasteiger partial charge in [-0.25, -0.2) is 9.67 Å². The molecule has 0 aliphatic carbocycles. The van der Waals surface area contributed by atoms with Crippen LogP contribution in [0.2, 0.25) is 0 Å². The molecule has 30 heavy (non-hydrogen) atoms. The normalized spacial score (nSPS) is 14.6. The van der Waals surface area contributed by atoms with Crippen LogP contribution in [-0.2, 0) is 0 Å². The molecule has 1 aliphatic heterocycles. The van der Waals surface area contributed by atoms with Gasteiger partial charge in [-0.3, -0.25) is 4.79 Å².